The number of halogens is 2. The van der Waals surface area contributed by atoms with Crippen LogP contribution >= 0.6 is 0 Å². The number of hydrogen-bond donors (Lipinski definition) is 2. The van der Waals surface area contributed by atoms with Crippen LogP contribution in [-0.4, -0.2) is 16.1 Å². The predicted molar refractivity (Wildman–Crippen MR) is 82.9 cm³/mol. The molecule has 122 valence electrons. The lowest BCUT2D eigenvalue weighted by Gasteiger charge is -2.15. The summed E-state index contributed by atoms with van der Waals surface area (Å²) < 4.78 is 27.6. The number of H-pyrrole nitrogens is 1. The number of aromatic nitrogens is 2. The Labute approximate surface area is 131 Å². The van der Waals surface area contributed by atoms with Gasteiger partial charge in [0.15, 0.2) is 11.6 Å². The van der Waals surface area contributed by atoms with Crippen molar-refractivity contribution >= 4 is 5.82 Å². The van der Waals surface area contributed by atoms with E-state index in [0.717, 1.165) is 10.6 Å². The largest absolute Gasteiger partial charge is 0.371 e. The molecule has 1 aromatic carbocycles. The van der Waals surface area contributed by atoms with E-state index in [1.165, 1.54) is 6.07 Å². The Hall–Kier alpha value is -2.44. The molecule has 1 aliphatic rings. The normalized spacial score (nSPS) is 17.3. The van der Waals surface area contributed by atoms with E-state index in [1.807, 2.05) is 0 Å². The van der Waals surface area contributed by atoms with Crippen LogP contribution in [0.15, 0.2) is 27.8 Å². The first-order chi connectivity index (χ1) is 11.0. The molecule has 5 nitrogen and oxygen atoms in total. The number of aromatic amines is 1. The Bertz CT molecular complexity index is 857. The van der Waals surface area contributed by atoms with E-state index in [-0.39, 0.29) is 11.5 Å². The molecule has 2 aromatic rings. The highest BCUT2D eigenvalue weighted by Gasteiger charge is 2.22. The zero-order chi connectivity index (χ0) is 16.6. The van der Waals surface area contributed by atoms with Gasteiger partial charge >= 0.3 is 5.69 Å². The third-order valence-electron chi connectivity index (χ3n) is 4.28. The van der Waals surface area contributed by atoms with E-state index >= 15 is 0 Å². The second-order valence-electron chi connectivity index (χ2n) is 5.62. The SMILES string of the molecule is CCn1c(=O)[nH]c2c(c1=O)CC[C@H](c1ccc(F)c(F)c1)CN2. The van der Waals surface area contributed by atoms with Crippen molar-refractivity contribution < 1.29 is 8.78 Å². The van der Waals surface area contributed by atoms with Crippen LogP contribution in [0.1, 0.15) is 30.4 Å². The molecule has 0 bridgehead atoms. The van der Waals surface area contributed by atoms with E-state index in [0.29, 0.717) is 42.9 Å². The number of nitrogens with one attached hydrogen (secondary N) is 2. The monoisotopic (exact) mass is 321 g/mol. The summed E-state index contributed by atoms with van der Waals surface area (Å²) in [6.45, 7) is 2.47. The summed E-state index contributed by atoms with van der Waals surface area (Å²) in [5.74, 6) is -1.41. The Morgan fingerprint density at radius 3 is 2.74 bits per heavy atom. The Balaban J connectivity index is 1.94. The van der Waals surface area contributed by atoms with E-state index in [1.54, 1.807) is 13.0 Å². The quantitative estimate of drug-likeness (QED) is 0.889. The lowest BCUT2D eigenvalue weighted by atomic mass is 9.93. The van der Waals surface area contributed by atoms with Crippen molar-refractivity contribution in [2.45, 2.75) is 32.2 Å². The maximum atomic E-state index is 13.4. The molecule has 2 heterocycles. The maximum Gasteiger partial charge on any atom is 0.329 e. The van der Waals surface area contributed by atoms with Gasteiger partial charge in [0.1, 0.15) is 5.82 Å². The molecule has 1 atom stereocenters. The number of nitrogens with zero attached hydrogens (tertiary/aromatic N) is 1. The van der Waals surface area contributed by atoms with Gasteiger partial charge in [0, 0.05) is 19.0 Å². The predicted octanol–water partition coefficient (Wildman–Crippen LogP) is 1.98. The molecule has 7 heteroatoms. The molecule has 23 heavy (non-hydrogen) atoms. The smallest absolute Gasteiger partial charge is 0.329 e. The Kier molecular flexibility index (Phi) is 4.02. The van der Waals surface area contributed by atoms with Crippen LogP contribution in [-0.2, 0) is 13.0 Å². The first kappa shape index (κ1) is 15.5. The fourth-order valence-corrected chi connectivity index (χ4v) is 2.98. The molecule has 0 saturated carbocycles. The van der Waals surface area contributed by atoms with Gasteiger partial charge in [-0.25, -0.2) is 13.6 Å². The van der Waals surface area contributed by atoms with Crippen molar-refractivity contribution in [3.05, 3.63) is 61.8 Å². The van der Waals surface area contributed by atoms with Crippen molar-refractivity contribution in [3.63, 3.8) is 0 Å². The van der Waals surface area contributed by atoms with Gasteiger partial charge in [0.05, 0.1) is 5.56 Å². The Morgan fingerprint density at radius 1 is 1.26 bits per heavy atom. The third-order valence-corrected chi connectivity index (χ3v) is 4.28. The Morgan fingerprint density at radius 2 is 2.04 bits per heavy atom. The van der Waals surface area contributed by atoms with Crippen LogP contribution in [0.3, 0.4) is 0 Å². The molecule has 0 fully saturated rings. The molecule has 0 saturated heterocycles. The molecule has 3 rings (SSSR count). The van der Waals surface area contributed by atoms with E-state index in [2.05, 4.69) is 10.3 Å². The van der Waals surface area contributed by atoms with Gasteiger partial charge in [0.25, 0.3) is 5.56 Å². The number of hydrogen-bond acceptors (Lipinski definition) is 3. The summed E-state index contributed by atoms with van der Waals surface area (Å²) in [4.78, 5) is 26.9. The van der Waals surface area contributed by atoms with Crippen molar-refractivity contribution in [2.24, 2.45) is 0 Å². The number of anilines is 1. The highest BCUT2D eigenvalue weighted by Crippen LogP contribution is 2.27. The van der Waals surface area contributed by atoms with E-state index in [9.17, 15) is 18.4 Å². The fourth-order valence-electron chi connectivity index (χ4n) is 2.98. The molecule has 1 aliphatic heterocycles. The van der Waals surface area contributed by atoms with Crippen molar-refractivity contribution in [1.82, 2.24) is 9.55 Å². The lowest BCUT2D eigenvalue weighted by molar-refractivity contribution is 0.504. The van der Waals surface area contributed by atoms with Crippen LogP contribution in [0.5, 0.6) is 0 Å². The van der Waals surface area contributed by atoms with E-state index in [4.69, 9.17) is 0 Å². The second kappa shape index (κ2) is 5.98. The molecule has 0 spiro atoms. The van der Waals surface area contributed by atoms with Gasteiger partial charge in [-0.2, -0.15) is 0 Å². The average Bonchev–Trinajstić information content (AvgIpc) is 2.73. The minimum Gasteiger partial charge on any atom is -0.371 e. The summed E-state index contributed by atoms with van der Waals surface area (Å²) in [5.41, 5.74) is 0.443. The van der Waals surface area contributed by atoms with Gasteiger partial charge in [-0.05, 0) is 37.5 Å². The highest BCUT2D eigenvalue weighted by atomic mass is 19.2. The van der Waals surface area contributed by atoms with Crippen LogP contribution in [0.25, 0.3) is 0 Å². The van der Waals surface area contributed by atoms with Gasteiger partial charge in [-0.15, -0.1) is 0 Å². The summed E-state index contributed by atoms with van der Waals surface area (Å²) in [6, 6.07) is 3.84. The molecule has 1 aromatic heterocycles. The first-order valence-corrected chi connectivity index (χ1v) is 7.56. The fraction of sp³-hybridized carbons (Fsp3) is 0.375. The molecule has 0 aliphatic carbocycles. The number of fused-ring (bicyclic) bond motifs is 1. The first-order valence-electron chi connectivity index (χ1n) is 7.56. The minimum atomic E-state index is -0.883. The van der Waals surface area contributed by atoms with Crippen molar-refractivity contribution in [3.8, 4) is 0 Å². The summed E-state index contributed by atoms with van der Waals surface area (Å²) in [6.07, 6.45) is 1.07. The van der Waals surface area contributed by atoms with Crippen LogP contribution in [0.2, 0.25) is 0 Å². The average molecular weight is 321 g/mol. The van der Waals surface area contributed by atoms with E-state index < -0.39 is 17.3 Å². The van der Waals surface area contributed by atoms with Gasteiger partial charge in [-0.3, -0.25) is 14.3 Å². The number of benzene rings is 1. The summed E-state index contributed by atoms with van der Waals surface area (Å²) in [5, 5.41) is 3.06. The summed E-state index contributed by atoms with van der Waals surface area (Å²) in [7, 11) is 0. The summed E-state index contributed by atoms with van der Waals surface area (Å²) >= 11 is 0. The van der Waals surface area contributed by atoms with Crippen molar-refractivity contribution in [1.29, 1.82) is 0 Å². The number of rotatable bonds is 2. The topological polar surface area (TPSA) is 66.9 Å². The van der Waals surface area contributed by atoms with Gasteiger partial charge in [-0.1, -0.05) is 6.07 Å². The van der Waals surface area contributed by atoms with Gasteiger partial charge < -0.3 is 5.32 Å². The van der Waals surface area contributed by atoms with Crippen LogP contribution < -0.4 is 16.6 Å². The van der Waals surface area contributed by atoms with Crippen molar-refractivity contribution in [2.75, 3.05) is 11.9 Å². The molecule has 2 N–H and O–H groups in total. The van der Waals surface area contributed by atoms with Crippen LogP contribution in [0, 0.1) is 11.6 Å². The highest BCUT2D eigenvalue weighted by molar-refractivity contribution is 5.44. The molecule has 0 amide bonds. The molecular formula is C16H17F2N3O2. The van der Waals surface area contributed by atoms with Gasteiger partial charge in [0.2, 0.25) is 0 Å². The molecule has 0 unspecified atom stereocenters. The lowest BCUT2D eigenvalue weighted by Crippen LogP contribution is -2.37. The third kappa shape index (κ3) is 2.78. The second-order valence-corrected chi connectivity index (χ2v) is 5.62. The zero-order valence-electron chi connectivity index (χ0n) is 12.7. The standard InChI is InChI=1S/C16H17F2N3O2/c1-2-21-15(22)11-5-3-10(8-19-14(11)20-16(21)23)9-4-6-12(17)13(18)7-9/h4,6-7,10,19H,2-3,5,8H2,1H3,(H,20,23)/t10-/m0/s1. The minimum absolute atomic E-state index is 0.0736. The maximum absolute atomic E-state index is 13.4. The molecule has 0 radical (unpaired) electrons. The van der Waals surface area contributed by atoms with Crippen LogP contribution in [0.4, 0.5) is 14.6 Å². The molecular weight excluding hydrogens is 304 g/mol. The zero-order valence-corrected chi connectivity index (χ0v) is 12.7.